The quantitative estimate of drug-likeness (QED) is 0.0526. The SMILES string of the molecule is CCC(C)(CC)C(=[OH+])/C=C(\O)C(C)(CC)CC.Cc1[c-]c(-c2nccc3c2ccc2cc(-c4cnc(C(F)(F)F)nc4)ccc23)cc(C)c1.[Ir]. The van der Waals surface area contributed by atoms with E-state index in [4.69, 9.17) is 0 Å². The van der Waals surface area contributed by atoms with Crippen LogP contribution in [0.15, 0.2) is 79.0 Å². The molecule has 0 saturated heterocycles. The topological polar surface area (TPSA) is 80.3 Å². The van der Waals surface area contributed by atoms with Crippen LogP contribution >= 0.6 is 0 Å². The Morgan fingerprint density at radius 2 is 1.38 bits per heavy atom. The maximum Gasteiger partial charge on any atom is 0.451 e. The Bertz CT molecular complexity index is 1960. The number of pyridine rings is 1. The van der Waals surface area contributed by atoms with Gasteiger partial charge in [0.1, 0.15) is 5.76 Å². The molecule has 5 rings (SSSR count). The number of hydrogen-bond acceptors (Lipinski definition) is 4. The van der Waals surface area contributed by atoms with E-state index in [0.29, 0.717) is 17.1 Å². The Kier molecular flexibility index (Phi) is 13.3. The third-order valence-corrected chi connectivity index (χ3v) is 10.0. The molecule has 3 aromatic carbocycles. The second kappa shape index (κ2) is 16.4. The molecule has 2 N–H and O–H groups in total. The maximum atomic E-state index is 12.7. The summed E-state index contributed by atoms with van der Waals surface area (Å²) in [6.45, 7) is 16.4. The number of fused-ring (bicyclic) bond motifs is 3. The summed E-state index contributed by atoms with van der Waals surface area (Å²) in [4.78, 5) is 21.7. The fraction of sp³-hybridized carbons (Fsp3) is 0.366. The summed E-state index contributed by atoms with van der Waals surface area (Å²) in [6.07, 6.45) is 4.69. The van der Waals surface area contributed by atoms with Crippen molar-refractivity contribution in [3.05, 3.63) is 102 Å². The van der Waals surface area contributed by atoms with Gasteiger partial charge in [-0.05, 0) is 77.5 Å². The first-order valence-electron chi connectivity index (χ1n) is 16.8. The van der Waals surface area contributed by atoms with Gasteiger partial charge < -0.3 is 10.1 Å². The number of benzene rings is 3. The van der Waals surface area contributed by atoms with Gasteiger partial charge in [-0.1, -0.05) is 72.7 Å². The van der Waals surface area contributed by atoms with Gasteiger partial charge >= 0.3 is 12.0 Å². The zero-order chi connectivity index (χ0) is 36.1. The fourth-order valence-electron chi connectivity index (χ4n) is 5.74. The average Bonchev–Trinajstić information content (AvgIpc) is 3.09. The number of nitrogens with zero attached hydrogens (tertiary/aromatic N) is 3. The predicted octanol–water partition coefficient (Wildman–Crippen LogP) is 11.6. The second-order valence-electron chi connectivity index (χ2n) is 13.3. The Labute approximate surface area is 306 Å². The van der Waals surface area contributed by atoms with Crippen LogP contribution < -0.4 is 0 Å². The summed E-state index contributed by atoms with van der Waals surface area (Å²) in [5.74, 6) is -0.544. The molecule has 0 saturated carbocycles. The zero-order valence-corrected chi connectivity index (χ0v) is 32.4. The van der Waals surface area contributed by atoms with Gasteiger partial charge in [-0.2, -0.15) is 13.2 Å². The van der Waals surface area contributed by atoms with Crippen molar-refractivity contribution in [3.8, 4) is 22.4 Å². The summed E-state index contributed by atoms with van der Waals surface area (Å²) in [5.41, 5.74) is 4.86. The van der Waals surface area contributed by atoms with E-state index < -0.39 is 12.0 Å². The molecular weight excluding hydrogens is 816 g/mol. The van der Waals surface area contributed by atoms with Gasteiger partial charge in [0, 0.05) is 49.7 Å². The number of alkyl halides is 3. The first-order chi connectivity index (χ1) is 23.1. The van der Waals surface area contributed by atoms with Gasteiger partial charge in [-0.25, -0.2) is 9.97 Å². The van der Waals surface area contributed by atoms with Crippen LogP contribution in [0.2, 0.25) is 0 Å². The van der Waals surface area contributed by atoms with E-state index >= 15 is 0 Å². The summed E-state index contributed by atoms with van der Waals surface area (Å²) in [5, 5.41) is 14.2. The molecule has 2 heterocycles. The summed E-state index contributed by atoms with van der Waals surface area (Å²) in [7, 11) is 0. The van der Waals surface area contributed by atoms with Gasteiger partial charge in [-0.15, -0.1) is 34.9 Å². The largest absolute Gasteiger partial charge is 0.511 e. The van der Waals surface area contributed by atoms with E-state index in [1.54, 1.807) is 12.3 Å². The number of aliphatic hydroxyl groups excluding tert-OH is 1. The number of allylic oxidation sites excluding steroid dienone is 2. The molecule has 0 atom stereocenters. The first-order valence-corrected chi connectivity index (χ1v) is 16.8. The van der Waals surface area contributed by atoms with Gasteiger partial charge in [0.2, 0.25) is 5.82 Å². The van der Waals surface area contributed by atoms with Crippen LogP contribution in [0.4, 0.5) is 13.2 Å². The van der Waals surface area contributed by atoms with Crippen LogP contribution in [-0.2, 0) is 26.3 Å². The molecule has 5 aromatic rings. The molecule has 0 unspecified atom stereocenters. The molecule has 0 aliphatic carbocycles. The van der Waals surface area contributed by atoms with Crippen molar-refractivity contribution >= 4 is 27.3 Å². The summed E-state index contributed by atoms with van der Waals surface area (Å²) < 4.78 is 38.2. The smallest absolute Gasteiger partial charge is 0.451 e. The van der Waals surface area contributed by atoms with Crippen molar-refractivity contribution in [2.75, 3.05) is 0 Å². The van der Waals surface area contributed by atoms with Gasteiger partial charge in [0.25, 0.3) is 0 Å². The number of ketones is 1. The molecule has 2 aromatic heterocycles. The predicted molar refractivity (Wildman–Crippen MR) is 194 cm³/mol. The molecule has 5 nitrogen and oxygen atoms in total. The van der Waals surface area contributed by atoms with Crippen molar-refractivity contribution in [1.29, 1.82) is 0 Å². The normalized spacial score (nSPS) is 12.3. The van der Waals surface area contributed by atoms with Crippen LogP contribution in [-0.4, -0.2) is 30.6 Å². The Hall–Kier alpha value is -3.94. The van der Waals surface area contributed by atoms with Gasteiger partial charge in [0.05, 0.1) is 11.5 Å². The van der Waals surface area contributed by atoms with Crippen molar-refractivity contribution < 1.29 is 43.2 Å². The van der Waals surface area contributed by atoms with Crippen molar-refractivity contribution in [2.24, 2.45) is 10.8 Å². The van der Waals surface area contributed by atoms with Crippen LogP contribution in [0.25, 0.3) is 43.9 Å². The summed E-state index contributed by atoms with van der Waals surface area (Å²) in [6, 6.07) is 19.3. The van der Waals surface area contributed by atoms with E-state index in [9.17, 15) is 23.1 Å². The number of aliphatic hydroxyl groups is 1. The zero-order valence-electron chi connectivity index (χ0n) is 30.0. The number of hydrogen-bond donors (Lipinski definition) is 1. The minimum absolute atomic E-state index is 0. The summed E-state index contributed by atoms with van der Waals surface area (Å²) >= 11 is 0. The third-order valence-electron chi connectivity index (χ3n) is 10.0. The fourth-order valence-corrected chi connectivity index (χ4v) is 5.74. The average molecular weight is 862 g/mol. The first kappa shape index (κ1) is 40.5. The van der Waals surface area contributed by atoms with Crippen molar-refractivity contribution in [2.45, 2.75) is 87.2 Å². The minimum atomic E-state index is -4.56. The molecule has 267 valence electrons. The van der Waals surface area contributed by atoms with Crippen LogP contribution in [0, 0.1) is 30.7 Å². The van der Waals surface area contributed by atoms with E-state index in [2.05, 4.69) is 67.8 Å². The maximum absolute atomic E-state index is 12.7. The van der Waals surface area contributed by atoms with Gasteiger partial charge in [-0.3, -0.25) is 4.79 Å². The molecule has 0 aliphatic heterocycles. The van der Waals surface area contributed by atoms with Crippen LogP contribution in [0.3, 0.4) is 0 Å². The van der Waals surface area contributed by atoms with Crippen molar-refractivity contribution in [1.82, 2.24) is 15.0 Å². The van der Waals surface area contributed by atoms with E-state index in [1.807, 2.05) is 57.2 Å². The number of carbonyl (C=O) groups excluding carboxylic acids is 1. The molecular formula is C41H46F3IrN3O2. The second-order valence-corrected chi connectivity index (χ2v) is 13.3. The minimum Gasteiger partial charge on any atom is -0.511 e. The number of rotatable bonds is 9. The van der Waals surface area contributed by atoms with E-state index in [-0.39, 0.29) is 30.9 Å². The molecule has 0 fully saturated rings. The molecule has 9 heteroatoms. The number of halogens is 3. The monoisotopic (exact) mass is 862 g/mol. The molecule has 0 amide bonds. The number of aromatic nitrogens is 3. The van der Waals surface area contributed by atoms with Crippen LogP contribution in [0.1, 0.15) is 84.2 Å². The molecule has 0 aliphatic rings. The Morgan fingerprint density at radius 3 is 1.94 bits per heavy atom. The molecule has 0 bridgehead atoms. The van der Waals surface area contributed by atoms with Crippen molar-refractivity contribution in [3.63, 3.8) is 0 Å². The van der Waals surface area contributed by atoms with E-state index in [0.717, 1.165) is 75.2 Å². The molecule has 1 radical (unpaired) electrons. The van der Waals surface area contributed by atoms with Gasteiger partial charge in [0.15, 0.2) is 0 Å². The molecule has 0 spiro atoms. The van der Waals surface area contributed by atoms with Crippen LogP contribution in [0.5, 0.6) is 0 Å². The Balaban J connectivity index is 0.000000323. The molecule has 50 heavy (non-hydrogen) atoms. The Morgan fingerprint density at radius 1 is 0.780 bits per heavy atom. The van der Waals surface area contributed by atoms with E-state index in [1.165, 1.54) is 12.4 Å². The number of aryl methyl sites for hydroxylation is 2. The third kappa shape index (κ3) is 8.85. The standard InChI is InChI=1S/C26H17F3N3.C15H28O2.Ir/c1-15-9-16(2)11-19(10-15)24-23-6-4-18-12-17(3-5-21(18)22(23)7-8-30-24)20-13-31-25(32-14-20)26(27,28)29;1-7-14(5,8-2)12(16)11-13(17)15(6,9-3)10-4;/h3-10,12-14H,1-2H3;11,16H,7-10H2,1-6H3;/q-1;;/p+1/b;12-11-;.